The van der Waals surface area contributed by atoms with Crippen molar-refractivity contribution in [2.75, 3.05) is 6.54 Å². The standard InChI is InChI=1S/C16H26BrN3/c1-3-13-16(17)15(19(2)18-13)11-20-10-6-8-12-7-4-5-9-14(12)20/h12,14H,3-11H2,1-2H3/t12-,14-/m1/s1. The highest BCUT2D eigenvalue weighted by molar-refractivity contribution is 9.10. The molecular weight excluding hydrogens is 314 g/mol. The molecule has 1 aromatic heterocycles. The number of halogens is 1. The molecule has 0 radical (unpaired) electrons. The van der Waals surface area contributed by atoms with Crippen LogP contribution in [0.1, 0.15) is 56.8 Å². The van der Waals surface area contributed by atoms with Gasteiger partial charge in [-0.15, -0.1) is 0 Å². The van der Waals surface area contributed by atoms with Crippen LogP contribution in [-0.4, -0.2) is 27.3 Å². The molecule has 20 heavy (non-hydrogen) atoms. The predicted molar refractivity (Wildman–Crippen MR) is 85.7 cm³/mol. The fraction of sp³-hybridized carbons (Fsp3) is 0.812. The van der Waals surface area contributed by atoms with Gasteiger partial charge in [0.1, 0.15) is 0 Å². The van der Waals surface area contributed by atoms with Crippen molar-refractivity contribution in [1.29, 1.82) is 0 Å². The van der Waals surface area contributed by atoms with Crippen LogP contribution in [0.2, 0.25) is 0 Å². The van der Waals surface area contributed by atoms with Gasteiger partial charge in [0, 0.05) is 19.6 Å². The quantitative estimate of drug-likeness (QED) is 0.832. The van der Waals surface area contributed by atoms with Crippen molar-refractivity contribution in [2.24, 2.45) is 13.0 Å². The van der Waals surface area contributed by atoms with Crippen LogP contribution in [0.4, 0.5) is 0 Å². The Bertz CT molecular complexity index is 467. The summed E-state index contributed by atoms with van der Waals surface area (Å²) in [5.74, 6) is 0.954. The Labute approximate surface area is 130 Å². The van der Waals surface area contributed by atoms with Gasteiger partial charge in [-0.2, -0.15) is 5.10 Å². The molecule has 2 aliphatic rings. The molecule has 0 aromatic carbocycles. The fourth-order valence-corrected chi connectivity index (χ4v) is 4.85. The Balaban J connectivity index is 1.78. The Hall–Kier alpha value is -0.350. The topological polar surface area (TPSA) is 21.1 Å². The zero-order chi connectivity index (χ0) is 14.1. The summed E-state index contributed by atoms with van der Waals surface area (Å²) in [5, 5.41) is 4.64. The Morgan fingerprint density at radius 2 is 1.95 bits per heavy atom. The van der Waals surface area contributed by atoms with Crippen LogP contribution in [0, 0.1) is 5.92 Å². The summed E-state index contributed by atoms with van der Waals surface area (Å²) in [6.45, 7) is 4.50. The lowest BCUT2D eigenvalue weighted by molar-refractivity contribution is 0.0527. The fourth-order valence-electron chi connectivity index (χ4n) is 4.11. The van der Waals surface area contributed by atoms with E-state index in [1.807, 2.05) is 0 Å². The Morgan fingerprint density at radius 1 is 1.20 bits per heavy atom. The van der Waals surface area contributed by atoms with Gasteiger partial charge in [-0.05, 0) is 60.5 Å². The molecule has 1 aromatic rings. The number of fused-ring (bicyclic) bond motifs is 1. The molecule has 2 fully saturated rings. The molecule has 0 unspecified atom stereocenters. The highest BCUT2D eigenvalue weighted by atomic mass is 79.9. The van der Waals surface area contributed by atoms with Crippen molar-refractivity contribution in [3.8, 4) is 0 Å². The predicted octanol–water partition coefficient (Wildman–Crippen LogP) is 3.90. The van der Waals surface area contributed by atoms with Crippen molar-refractivity contribution < 1.29 is 0 Å². The zero-order valence-corrected chi connectivity index (χ0v) is 14.3. The molecule has 0 N–H and O–H groups in total. The van der Waals surface area contributed by atoms with E-state index in [9.17, 15) is 0 Å². The van der Waals surface area contributed by atoms with Gasteiger partial charge >= 0.3 is 0 Å². The third-order valence-electron chi connectivity index (χ3n) is 5.21. The van der Waals surface area contributed by atoms with Crippen LogP contribution in [-0.2, 0) is 20.0 Å². The second-order valence-corrected chi connectivity index (χ2v) is 7.20. The van der Waals surface area contributed by atoms with E-state index in [0.29, 0.717) is 0 Å². The molecule has 0 amide bonds. The van der Waals surface area contributed by atoms with E-state index in [-0.39, 0.29) is 0 Å². The number of piperidine rings is 1. The monoisotopic (exact) mass is 339 g/mol. The summed E-state index contributed by atoms with van der Waals surface area (Å²) in [7, 11) is 2.08. The number of aryl methyl sites for hydroxylation is 2. The lowest BCUT2D eigenvalue weighted by Gasteiger charge is -2.44. The number of hydrogen-bond donors (Lipinski definition) is 0. The van der Waals surface area contributed by atoms with Gasteiger partial charge in [0.25, 0.3) is 0 Å². The zero-order valence-electron chi connectivity index (χ0n) is 12.7. The highest BCUT2D eigenvalue weighted by Crippen LogP contribution is 2.36. The van der Waals surface area contributed by atoms with Gasteiger partial charge in [-0.3, -0.25) is 9.58 Å². The minimum Gasteiger partial charge on any atom is -0.294 e. The maximum absolute atomic E-state index is 4.64. The second kappa shape index (κ2) is 6.18. The third kappa shape index (κ3) is 2.69. The summed E-state index contributed by atoms with van der Waals surface area (Å²) < 4.78 is 3.32. The molecule has 3 rings (SSSR count). The molecule has 112 valence electrons. The molecule has 2 atom stereocenters. The van der Waals surface area contributed by atoms with Gasteiger partial charge < -0.3 is 0 Å². The first kappa shape index (κ1) is 14.6. The van der Waals surface area contributed by atoms with E-state index < -0.39 is 0 Å². The van der Waals surface area contributed by atoms with Crippen molar-refractivity contribution in [3.05, 3.63) is 15.9 Å². The smallest absolute Gasteiger partial charge is 0.0767 e. The number of likely N-dealkylation sites (tertiary alicyclic amines) is 1. The summed E-state index contributed by atoms with van der Waals surface area (Å²) in [4.78, 5) is 2.73. The molecule has 1 aliphatic heterocycles. The minimum absolute atomic E-state index is 0.823. The lowest BCUT2D eigenvalue weighted by atomic mass is 9.78. The first-order chi connectivity index (χ1) is 9.70. The molecule has 0 spiro atoms. The summed E-state index contributed by atoms with van der Waals surface area (Å²) in [6, 6.07) is 0.823. The van der Waals surface area contributed by atoms with E-state index in [1.165, 1.54) is 60.9 Å². The minimum atomic E-state index is 0.823. The number of rotatable bonds is 3. The van der Waals surface area contributed by atoms with Crippen LogP contribution in [0.5, 0.6) is 0 Å². The molecule has 1 saturated carbocycles. The SMILES string of the molecule is CCc1nn(C)c(CN2CCC[C@H]3CCCC[C@H]32)c1Br. The average Bonchev–Trinajstić information content (AvgIpc) is 2.75. The summed E-state index contributed by atoms with van der Waals surface area (Å²) in [5.41, 5.74) is 2.55. The number of hydrogen-bond acceptors (Lipinski definition) is 2. The van der Waals surface area contributed by atoms with Gasteiger partial charge in [0.15, 0.2) is 0 Å². The largest absolute Gasteiger partial charge is 0.294 e. The summed E-state index contributed by atoms with van der Waals surface area (Å²) in [6.07, 6.45) is 9.55. The lowest BCUT2D eigenvalue weighted by Crippen LogP contribution is -2.46. The molecule has 0 bridgehead atoms. The first-order valence-corrected chi connectivity index (χ1v) is 8.94. The van der Waals surface area contributed by atoms with Gasteiger partial charge in [-0.25, -0.2) is 0 Å². The van der Waals surface area contributed by atoms with Gasteiger partial charge in [0.2, 0.25) is 0 Å². The van der Waals surface area contributed by atoms with Crippen LogP contribution in [0.25, 0.3) is 0 Å². The molecule has 1 aliphatic carbocycles. The molecular formula is C16H26BrN3. The second-order valence-electron chi connectivity index (χ2n) is 6.41. The van der Waals surface area contributed by atoms with Gasteiger partial charge in [0.05, 0.1) is 15.9 Å². The van der Waals surface area contributed by atoms with Crippen molar-refractivity contribution >= 4 is 15.9 Å². The third-order valence-corrected chi connectivity index (χ3v) is 6.13. The molecule has 1 saturated heterocycles. The van der Waals surface area contributed by atoms with E-state index in [4.69, 9.17) is 0 Å². The van der Waals surface area contributed by atoms with Crippen molar-refractivity contribution in [3.63, 3.8) is 0 Å². The van der Waals surface area contributed by atoms with E-state index in [1.54, 1.807) is 0 Å². The Morgan fingerprint density at radius 3 is 2.70 bits per heavy atom. The van der Waals surface area contributed by atoms with E-state index in [0.717, 1.165) is 24.9 Å². The number of nitrogens with zero attached hydrogens (tertiary/aromatic N) is 3. The van der Waals surface area contributed by atoms with Crippen LogP contribution < -0.4 is 0 Å². The maximum Gasteiger partial charge on any atom is 0.0767 e. The number of aromatic nitrogens is 2. The van der Waals surface area contributed by atoms with Crippen LogP contribution >= 0.6 is 15.9 Å². The molecule has 4 heteroatoms. The van der Waals surface area contributed by atoms with Crippen LogP contribution in [0.3, 0.4) is 0 Å². The first-order valence-electron chi connectivity index (χ1n) is 8.15. The van der Waals surface area contributed by atoms with Crippen molar-refractivity contribution in [2.45, 2.75) is 64.5 Å². The molecule has 2 heterocycles. The highest BCUT2D eigenvalue weighted by Gasteiger charge is 2.33. The van der Waals surface area contributed by atoms with E-state index >= 15 is 0 Å². The van der Waals surface area contributed by atoms with Crippen LogP contribution in [0.15, 0.2) is 4.47 Å². The van der Waals surface area contributed by atoms with Crippen molar-refractivity contribution in [1.82, 2.24) is 14.7 Å². The normalized spacial score (nSPS) is 27.6. The summed E-state index contributed by atoms with van der Waals surface area (Å²) >= 11 is 3.77. The molecule has 3 nitrogen and oxygen atoms in total. The Kier molecular flexibility index (Phi) is 4.51. The van der Waals surface area contributed by atoms with Gasteiger partial charge in [-0.1, -0.05) is 19.8 Å². The van der Waals surface area contributed by atoms with E-state index in [2.05, 4.69) is 44.6 Å². The average molecular weight is 340 g/mol. The maximum atomic E-state index is 4.64.